The number of cyclic esters (lactones) is 1. The van der Waals surface area contributed by atoms with Gasteiger partial charge in [-0.15, -0.1) is 11.3 Å². The van der Waals surface area contributed by atoms with Crippen molar-refractivity contribution in [2.45, 2.75) is 24.9 Å². The molecule has 2 fully saturated rings. The first-order chi connectivity index (χ1) is 14.1. The molecule has 1 spiro atoms. The van der Waals surface area contributed by atoms with Crippen molar-refractivity contribution in [1.82, 2.24) is 9.80 Å². The molecule has 2 amide bonds. The predicted molar refractivity (Wildman–Crippen MR) is 110 cm³/mol. The lowest BCUT2D eigenvalue weighted by Crippen LogP contribution is -2.50. The molecule has 3 aliphatic rings. The quantitative estimate of drug-likeness (QED) is 0.777. The molecule has 0 unspecified atom stereocenters. The van der Waals surface area contributed by atoms with E-state index in [1.165, 1.54) is 25.8 Å². The maximum Gasteiger partial charge on any atom is 0.410 e. The number of rotatable bonds is 3. The first-order valence-electron chi connectivity index (χ1n) is 10.2. The van der Waals surface area contributed by atoms with Gasteiger partial charge in [0.2, 0.25) is 5.91 Å². The molecule has 4 heterocycles. The van der Waals surface area contributed by atoms with Gasteiger partial charge >= 0.3 is 6.09 Å². The smallest absolute Gasteiger partial charge is 0.410 e. The number of carbonyl (C=O) groups is 2. The van der Waals surface area contributed by atoms with Gasteiger partial charge in [0.1, 0.15) is 13.2 Å². The van der Waals surface area contributed by atoms with E-state index >= 15 is 0 Å². The topological polar surface area (TPSA) is 59.1 Å². The van der Waals surface area contributed by atoms with E-state index in [0.717, 1.165) is 25.9 Å². The van der Waals surface area contributed by atoms with Gasteiger partial charge in [0.15, 0.2) is 0 Å². The zero-order chi connectivity index (χ0) is 19.8. The summed E-state index contributed by atoms with van der Waals surface area (Å²) in [5, 5.41) is 0. The van der Waals surface area contributed by atoms with Crippen LogP contribution in [0.25, 0.3) is 10.4 Å². The van der Waals surface area contributed by atoms with Gasteiger partial charge in [0.25, 0.3) is 0 Å². The van der Waals surface area contributed by atoms with E-state index in [-0.39, 0.29) is 18.1 Å². The third kappa shape index (κ3) is 3.42. The Morgan fingerprint density at radius 2 is 1.90 bits per heavy atom. The number of fused-ring (bicyclic) bond motifs is 2. The van der Waals surface area contributed by atoms with Crippen LogP contribution in [0.1, 0.15) is 23.3 Å². The maximum absolute atomic E-state index is 12.6. The van der Waals surface area contributed by atoms with Gasteiger partial charge in [0, 0.05) is 29.3 Å². The Labute approximate surface area is 174 Å². The van der Waals surface area contributed by atoms with Crippen molar-refractivity contribution in [3.05, 3.63) is 46.8 Å². The van der Waals surface area contributed by atoms with Crippen LogP contribution in [0, 0.1) is 0 Å². The molecule has 1 aromatic carbocycles. The van der Waals surface area contributed by atoms with Gasteiger partial charge < -0.3 is 14.4 Å². The first-order valence-corrected chi connectivity index (χ1v) is 11.0. The van der Waals surface area contributed by atoms with E-state index in [9.17, 15) is 9.59 Å². The molecule has 0 aliphatic carbocycles. The van der Waals surface area contributed by atoms with Crippen LogP contribution in [0.5, 0.6) is 0 Å². The lowest BCUT2D eigenvalue weighted by atomic mass is 9.82. The fourth-order valence-electron chi connectivity index (χ4n) is 4.53. The van der Waals surface area contributed by atoms with Crippen molar-refractivity contribution in [2.75, 3.05) is 39.4 Å². The summed E-state index contributed by atoms with van der Waals surface area (Å²) < 4.78 is 11.3. The van der Waals surface area contributed by atoms with E-state index in [1.807, 2.05) is 22.3 Å². The lowest BCUT2D eigenvalue weighted by molar-refractivity contribution is -0.141. The summed E-state index contributed by atoms with van der Waals surface area (Å²) in [6.45, 7) is 3.00. The Morgan fingerprint density at radius 1 is 1.10 bits per heavy atom. The average molecular weight is 413 g/mol. The fourth-order valence-corrected chi connectivity index (χ4v) is 5.76. The molecule has 152 valence electrons. The van der Waals surface area contributed by atoms with Crippen molar-refractivity contribution in [3.8, 4) is 10.4 Å². The summed E-state index contributed by atoms with van der Waals surface area (Å²) in [6, 6.07) is 12.8. The van der Waals surface area contributed by atoms with Crippen LogP contribution in [0.2, 0.25) is 0 Å². The molecule has 7 heteroatoms. The highest BCUT2D eigenvalue weighted by Gasteiger charge is 2.43. The van der Waals surface area contributed by atoms with Gasteiger partial charge in [-0.1, -0.05) is 30.3 Å². The molecule has 3 aliphatic heterocycles. The van der Waals surface area contributed by atoms with Gasteiger partial charge in [-0.25, -0.2) is 4.79 Å². The standard InChI is InChI=1S/C22H24N2O4S/c25-20(15-24-11-13-27-21(24)26)23-9-7-22(8-10-23)17-14-19(16-4-2-1-3-5-16)29-18(17)6-12-28-22/h1-5,14H,6-13,15H2. The van der Waals surface area contributed by atoms with Crippen molar-refractivity contribution in [3.63, 3.8) is 0 Å². The van der Waals surface area contributed by atoms with E-state index in [1.54, 1.807) is 0 Å². The highest BCUT2D eigenvalue weighted by Crippen LogP contribution is 2.46. The molecule has 2 aromatic rings. The molecule has 0 saturated carbocycles. The van der Waals surface area contributed by atoms with Crippen LogP contribution in [0.15, 0.2) is 36.4 Å². The fraction of sp³-hybridized carbons (Fsp3) is 0.455. The second kappa shape index (κ2) is 7.46. The van der Waals surface area contributed by atoms with E-state index in [2.05, 4.69) is 30.3 Å². The highest BCUT2D eigenvalue weighted by molar-refractivity contribution is 7.15. The van der Waals surface area contributed by atoms with Crippen LogP contribution in [0.3, 0.4) is 0 Å². The molecule has 1 aromatic heterocycles. The monoisotopic (exact) mass is 412 g/mol. The molecular weight excluding hydrogens is 388 g/mol. The molecule has 0 bridgehead atoms. The summed E-state index contributed by atoms with van der Waals surface area (Å²) in [6.07, 6.45) is 2.15. The number of hydrogen-bond acceptors (Lipinski definition) is 5. The molecule has 0 N–H and O–H groups in total. The number of amides is 2. The van der Waals surface area contributed by atoms with Gasteiger partial charge in [-0.3, -0.25) is 9.69 Å². The minimum atomic E-state index is -0.390. The Balaban J connectivity index is 1.30. The number of likely N-dealkylation sites (tertiary alicyclic amines) is 1. The largest absolute Gasteiger partial charge is 0.448 e. The summed E-state index contributed by atoms with van der Waals surface area (Å²) >= 11 is 1.87. The summed E-state index contributed by atoms with van der Waals surface area (Å²) in [4.78, 5) is 30.3. The van der Waals surface area contributed by atoms with E-state index < -0.39 is 6.09 Å². The lowest BCUT2D eigenvalue weighted by Gasteiger charge is -2.44. The number of piperidine rings is 1. The average Bonchev–Trinajstić information content (AvgIpc) is 3.37. The molecular formula is C22H24N2O4S. The van der Waals surface area contributed by atoms with Crippen molar-refractivity contribution >= 4 is 23.3 Å². The molecule has 0 radical (unpaired) electrons. The minimum Gasteiger partial charge on any atom is -0.448 e. The third-order valence-corrected chi connectivity index (χ3v) is 7.40. The van der Waals surface area contributed by atoms with Crippen LogP contribution in [-0.2, 0) is 26.3 Å². The SMILES string of the molecule is O=C(CN1CCOC1=O)N1CCC2(CC1)OCCc1sc(-c3ccccc3)cc12. The predicted octanol–water partition coefficient (Wildman–Crippen LogP) is 3.26. The number of nitrogens with zero attached hydrogens (tertiary/aromatic N) is 2. The van der Waals surface area contributed by atoms with E-state index in [0.29, 0.717) is 26.2 Å². The Hall–Kier alpha value is -2.38. The maximum atomic E-state index is 12.6. The highest BCUT2D eigenvalue weighted by atomic mass is 32.1. The normalized spacial score (nSPS) is 20.6. The third-order valence-electron chi connectivity index (χ3n) is 6.16. The number of hydrogen-bond donors (Lipinski definition) is 0. The van der Waals surface area contributed by atoms with Crippen LogP contribution in [0.4, 0.5) is 4.79 Å². The van der Waals surface area contributed by atoms with Gasteiger partial charge in [-0.2, -0.15) is 0 Å². The molecule has 5 rings (SSSR count). The summed E-state index contributed by atoms with van der Waals surface area (Å²) in [5.41, 5.74) is 2.26. The van der Waals surface area contributed by atoms with Crippen LogP contribution < -0.4 is 0 Å². The second-order valence-corrected chi connectivity index (χ2v) is 8.96. The number of ether oxygens (including phenoxy) is 2. The minimum absolute atomic E-state index is 0.00924. The molecule has 0 atom stereocenters. The van der Waals surface area contributed by atoms with Crippen LogP contribution >= 0.6 is 11.3 Å². The molecule has 2 saturated heterocycles. The number of thiophene rings is 1. The first kappa shape index (κ1) is 18.6. The zero-order valence-electron chi connectivity index (χ0n) is 16.3. The van der Waals surface area contributed by atoms with Crippen molar-refractivity contribution in [2.24, 2.45) is 0 Å². The zero-order valence-corrected chi connectivity index (χ0v) is 17.1. The Morgan fingerprint density at radius 3 is 2.62 bits per heavy atom. The van der Waals surface area contributed by atoms with Gasteiger partial charge in [0.05, 0.1) is 18.8 Å². The van der Waals surface area contributed by atoms with Crippen molar-refractivity contribution in [1.29, 1.82) is 0 Å². The number of carbonyl (C=O) groups excluding carboxylic acids is 2. The van der Waals surface area contributed by atoms with E-state index in [4.69, 9.17) is 9.47 Å². The van der Waals surface area contributed by atoms with Crippen molar-refractivity contribution < 1.29 is 19.1 Å². The molecule has 6 nitrogen and oxygen atoms in total. The molecule has 29 heavy (non-hydrogen) atoms. The van der Waals surface area contributed by atoms with Gasteiger partial charge in [-0.05, 0) is 30.0 Å². The summed E-state index contributed by atoms with van der Waals surface area (Å²) in [5.74, 6) is -0.00924. The van der Waals surface area contributed by atoms with Crippen LogP contribution in [-0.4, -0.2) is 61.2 Å². The second-order valence-electron chi connectivity index (χ2n) is 7.82. The Kier molecular flexibility index (Phi) is 4.80. The Bertz CT molecular complexity index is 918. The summed E-state index contributed by atoms with van der Waals surface area (Å²) in [7, 11) is 0. The number of benzene rings is 1.